The zero-order valence-corrected chi connectivity index (χ0v) is 10.3. The van der Waals surface area contributed by atoms with Gasteiger partial charge in [0.1, 0.15) is 0 Å². The monoisotopic (exact) mass is 198 g/mol. The van der Waals surface area contributed by atoms with Crippen LogP contribution in [0.25, 0.3) is 0 Å². The van der Waals surface area contributed by atoms with Crippen molar-refractivity contribution in [3.8, 4) is 0 Å². The first-order valence-corrected chi connectivity index (χ1v) is 8.06. The molecule has 0 rings (SSSR count). The minimum atomic E-state index is -1.21. The lowest BCUT2D eigenvalue weighted by Crippen LogP contribution is -2.22. The van der Waals surface area contributed by atoms with Gasteiger partial charge < -0.3 is 5.11 Å². The predicted octanol–water partition coefficient (Wildman–Crippen LogP) is 3.14. The van der Waals surface area contributed by atoms with E-state index in [-0.39, 0.29) is 0 Å². The van der Waals surface area contributed by atoms with E-state index >= 15 is 0 Å². The summed E-state index contributed by atoms with van der Waals surface area (Å²) in [6, 6.07) is 1.11. The van der Waals surface area contributed by atoms with Crippen LogP contribution in [0.15, 0.2) is 24.4 Å². The maximum Gasteiger partial charge on any atom is 0.0750 e. The molecule has 1 N–H and O–H groups in total. The van der Waals surface area contributed by atoms with Gasteiger partial charge in [-0.3, -0.25) is 0 Å². The van der Waals surface area contributed by atoms with E-state index in [9.17, 15) is 5.11 Å². The molecule has 0 unspecified atom stereocenters. The number of rotatable bonds is 5. The fraction of sp³-hybridized carbons (Fsp3) is 0.636. The van der Waals surface area contributed by atoms with Gasteiger partial charge in [-0.2, -0.15) is 0 Å². The van der Waals surface area contributed by atoms with Gasteiger partial charge in [0.25, 0.3) is 0 Å². The van der Waals surface area contributed by atoms with Gasteiger partial charge >= 0.3 is 0 Å². The van der Waals surface area contributed by atoms with Crippen molar-refractivity contribution in [2.45, 2.75) is 45.0 Å². The molecule has 0 aromatic heterocycles. The van der Waals surface area contributed by atoms with E-state index in [2.05, 4.69) is 31.4 Å². The fourth-order valence-electron chi connectivity index (χ4n) is 1.11. The summed E-state index contributed by atoms with van der Waals surface area (Å²) in [5.41, 5.74) is 1.71. The van der Waals surface area contributed by atoms with Crippen molar-refractivity contribution in [2.75, 3.05) is 0 Å². The number of allylic oxidation sites excluding steroid dienone is 1. The Morgan fingerprint density at radius 1 is 1.38 bits per heavy atom. The molecule has 0 heterocycles. The van der Waals surface area contributed by atoms with Gasteiger partial charge in [-0.25, -0.2) is 0 Å². The summed E-state index contributed by atoms with van der Waals surface area (Å²) in [7, 11) is -1.21. The second-order valence-electron chi connectivity index (χ2n) is 4.90. The molecule has 0 spiro atoms. The van der Waals surface area contributed by atoms with Crippen LogP contribution in [0.5, 0.6) is 0 Å². The van der Waals surface area contributed by atoms with Crippen molar-refractivity contribution in [3.63, 3.8) is 0 Å². The third-order valence-electron chi connectivity index (χ3n) is 1.86. The summed E-state index contributed by atoms with van der Waals surface area (Å²) in [6.07, 6.45) is 4.83. The Balaban J connectivity index is 4.03. The smallest absolute Gasteiger partial charge is 0.0750 e. The largest absolute Gasteiger partial charge is 0.390 e. The van der Waals surface area contributed by atoms with Crippen LogP contribution >= 0.6 is 0 Å². The van der Waals surface area contributed by atoms with Crippen molar-refractivity contribution in [2.24, 2.45) is 0 Å². The average molecular weight is 198 g/mol. The van der Waals surface area contributed by atoms with E-state index in [4.69, 9.17) is 0 Å². The normalized spacial score (nSPS) is 13.6. The SMILES string of the molecule is C=CC[Si](C)(C)/C=C/CC(C)(C)O. The molecule has 0 fully saturated rings. The molecule has 0 aliphatic rings. The summed E-state index contributed by atoms with van der Waals surface area (Å²) in [5, 5.41) is 9.49. The maximum atomic E-state index is 9.49. The number of aliphatic hydroxyl groups is 1. The molecular weight excluding hydrogens is 176 g/mol. The highest BCUT2D eigenvalue weighted by Gasteiger charge is 2.15. The molecular formula is C11H22OSi. The van der Waals surface area contributed by atoms with Crippen molar-refractivity contribution >= 4 is 8.07 Å². The first-order chi connectivity index (χ1) is 5.77. The van der Waals surface area contributed by atoms with E-state index in [1.54, 1.807) is 0 Å². The molecule has 2 heteroatoms. The molecule has 0 aliphatic heterocycles. The molecule has 0 aromatic carbocycles. The third kappa shape index (κ3) is 8.00. The van der Waals surface area contributed by atoms with Gasteiger partial charge in [0, 0.05) is 0 Å². The van der Waals surface area contributed by atoms with Crippen LogP contribution in [0.4, 0.5) is 0 Å². The summed E-state index contributed by atoms with van der Waals surface area (Å²) in [6.45, 7) is 12.0. The maximum absolute atomic E-state index is 9.49. The Kier molecular flexibility index (Phi) is 4.65. The molecule has 0 saturated heterocycles. The Morgan fingerprint density at radius 3 is 2.31 bits per heavy atom. The van der Waals surface area contributed by atoms with Gasteiger partial charge in [-0.15, -0.1) is 6.58 Å². The lowest BCUT2D eigenvalue weighted by Gasteiger charge is -2.17. The molecule has 0 atom stereocenters. The highest BCUT2D eigenvalue weighted by molar-refractivity contribution is 6.82. The topological polar surface area (TPSA) is 20.2 Å². The van der Waals surface area contributed by atoms with Crippen molar-refractivity contribution in [3.05, 3.63) is 24.4 Å². The number of hydrogen-bond donors (Lipinski definition) is 1. The summed E-state index contributed by atoms with van der Waals surface area (Å²) in [4.78, 5) is 0. The lowest BCUT2D eigenvalue weighted by molar-refractivity contribution is 0.0839. The number of hydrogen-bond acceptors (Lipinski definition) is 1. The molecule has 0 bridgehead atoms. The Bertz CT molecular complexity index is 187. The van der Waals surface area contributed by atoms with Crippen LogP contribution in [0.1, 0.15) is 20.3 Å². The standard InChI is InChI=1S/C11H22OSi/c1-6-9-13(4,5)10-7-8-11(2,3)12/h6-7,10,12H,1,8-9H2,2-5H3/b10-7+. The third-order valence-corrected chi connectivity index (χ3v) is 4.34. The summed E-state index contributed by atoms with van der Waals surface area (Å²) in [5.74, 6) is 0. The molecule has 76 valence electrons. The van der Waals surface area contributed by atoms with E-state index in [0.717, 1.165) is 12.5 Å². The van der Waals surface area contributed by atoms with Gasteiger partial charge in [0.2, 0.25) is 0 Å². The van der Waals surface area contributed by atoms with E-state index < -0.39 is 13.7 Å². The molecule has 1 nitrogen and oxygen atoms in total. The second-order valence-corrected chi connectivity index (χ2v) is 9.62. The Morgan fingerprint density at radius 2 is 1.92 bits per heavy atom. The van der Waals surface area contributed by atoms with Gasteiger partial charge in [-0.05, 0) is 26.3 Å². The zero-order chi connectivity index (χ0) is 10.5. The van der Waals surface area contributed by atoms with Crippen LogP contribution in [-0.2, 0) is 0 Å². The van der Waals surface area contributed by atoms with Crippen LogP contribution in [-0.4, -0.2) is 18.8 Å². The predicted molar refractivity (Wildman–Crippen MR) is 62.5 cm³/mol. The average Bonchev–Trinajstić information content (AvgIpc) is 1.82. The first-order valence-electron chi connectivity index (χ1n) is 4.78. The zero-order valence-electron chi connectivity index (χ0n) is 9.30. The molecule has 13 heavy (non-hydrogen) atoms. The minimum Gasteiger partial charge on any atom is -0.390 e. The first kappa shape index (κ1) is 12.7. The van der Waals surface area contributed by atoms with E-state index in [1.165, 1.54) is 0 Å². The fourth-order valence-corrected chi connectivity index (χ4v) is 2.74. The Hall–Kier alpha value is -0.343. The van der Waals surface area contributed by atoms with Crippen LogP contribution < -0.4 is 0 Å². The van der Waals surface area contributed by atoms with E-state index in [1.807, 2.05) is 19.9 Å². The second kappa shape index (κ2) is 4.77. The van der Waals surface area contributed by atoms with Crippen LogP contribution in [0.3, 0.4) is 0 Å². The van der Waals surface area contributed by atoms with Gasteiger partial charge in [-0.1, -0.05) is 30.9 Å². The van der Waals surface area contributed by atoms with Gasteiger partial charge in [0.15, 0.2) is 0 Å². The molecule has 0 saturated carbocycles. The molecule has 0 radical (unpaired) electrons. The van der Waals surface area contributed by atoms with Crippen molar-refractivity contribution in [1.82, 2.24) is 0 Å². The van der Waals surface area contributed by atoms with Crippen LogP contribution in [0.2, 0.25) is 19.1 Å². The summed E-state index contributed by atoms with van der Waals surface area (Å²) < 4.78 is 0. The van der Waals surface area contributed by atoms with Crippen molar-refractivity contribution < 1.29 is 5.11 Å². The summed E-state index contributed by atoms with van der Waals surface area (Å²) >= 11 is 0. The molecule has 0 amide bonds. The van der Waals surface area contributed by atoms with Crippen LogP contribution in [0, 0.1) is 0 Å². The Labute approximate surface area is 83.2 Å². The lowest BCUT2D eigenvalue weighted by atomic mass is 10.1. The highest BCUT2D eigenvalue weighted by atomic mass is 28.3. The quantitative estimate of drug-likeness (QED) is 0.531. The minimum absolute atomic E-state index is 0.574. The highest BCUT2D eigenvalue weighted by Crippen LogP contribution is 2.14. The van der Waals surface area contributed by atoms with Gasteiger partial charge in [0.05, 0.1) is 13.7 Å². The molecule has 0 aromatic rings. The molecule has 0 aliphatic carbocycles. The van der Waals surface area contributed by atoms with E-state index in [0.29, 0.717) is 0 Å². The van der Waals surface area contributed by atoms with Crippen molar-refractivity contribution in [1.29, 1.82) is 0 Å².